The van der Waals surface area contributed by atoms with Crippen molar-refractivity contribution in [2.45, 2.75) is 83.5 Å². The molecule has 0 aromatic heterocycles. The molecule has 1 saturated carbocycles. The smallest absolute Gasteiger partial charge is 0.237 e. The highest BCUT2D eigenvalue weighted by atomic mass is 16.1. The van der Waals surface area contributed by atoms with Gasteiger partial charge in [-0.2, -0.15) is 0 Å². The molecule has 0 aromatic carbocycles. The fourth-order valence-corrected chi connectivity index (χ4v) is 3.33. The van der Waals surface area contributed by atoms with E-state index in [0.717, 1.165) is 19.3 Å². The maximum Gasteiger partial charge on any atom is 0.237 e. The first-order valence-corrected chi connectivity index (χ1v) is 7.62. The average molecular weight is 269 g/mol. The van der Waals surface area contributed by atoms with Crippen LogP contribution in [0.15, 0.2) is 0 Å². The number of hydrogen-bond donors (Lipinski definition) is 2. The van der Waals surface area contributed by atoms with E-state index in [1.54, 1.807) is 0 Å². The van der Waals surface area contributed by atoms with E-state index in [9.17, 15) is 4.79 Å². The molecule has 112 valence electrons. The normalized spacial score (nSPS) is 29.1. The molecule has 1 fully saturated rings. The molecular formula is C15H31N3O. The van der Waals surface area contributed by atoms with Gasteiger partial charge in [0.1, 0.15) is 0 Å². The van der Waals surface area contributed by atoms with E-state index in [-0.39, 0.29) is 11.9 Å². The Labute approximate surface area is 118 Å². The second-order valence-corrected chi connectivity index (χ2v) is 6.45. The number of primary amides is 1. The van der Waals surface area contributed by atoms with Crippen LogP contribution < -0.4 is 11.1 Å². The number of nitrogens with two attached hydrogens (primary N) is 1. The molecule has 4 nitrogen and oxygen atoms in total. The monoisotopic (exact) mass is 269 g/mol. The van der Waals surface area contributed by atoms with Gasteiger partial charge in [0.15, 0.2) is 0 Å². The number of hydrogen-bond acceptors (Lipinski definition) is 3. The van der Waals surface area contributed by atoms with Gasteiger partial charge in [0.05, 0.1) is 5.54 Å². The van der Waals surface area contributed by atoms with Gasteiger partial charge in [-0.05, 0) is 53.5 Å². The zero-order valence-corrected chi connectivity index (χ0v) is 13.2. The van der Waals surface area contributed by atoms with E-state index in [2.05, 4.69) is 45.0 Å². The maximum atomic E-state index is 11.9. The van der Waals surface area contributed by atoms with Crippen molar-refractivity contribution in [1.29, 1.82) is 0 Å². The number of rotatable bonds is 7. The predicted molar refractivity (Wildman–Crippen MR) is 80.0 cm³/mol. The minimum Gasteiger partial charge on any atom is -0.368 e. The van der Waals surface area contributed by atoms with E-state index < -0.39 is 5.54 Å². The minimum absolute atomic E-state index is 0.194. The Balaban J connectivity index is 2.70. The third-order valence-electron chi connectivity index (χ3n) is 4.50. The van der Waals surface area contributed by atoms with Crippen LogP contribution in [0.4, 0.5) is 0 Å². The van der Waals surface area contributed by atoms with Crippen molar-refractivity contribution < 1.29 is 4.79 Å². The van der Waals surface area contributed by atoms with Crippen LogP contribution in [0.2, 0.25) is 0 Å². The van der Waals surface area contributed by atoms with Crippen molar-refractivity contribution in [3.8, 4) is 0 Å². The Kier molecular flexibility index (Phi) is 5.81. The SMILES string of the molecule is CCCC(C)N(C)C1CCC(NC(C)C)(C(N)=O)C1. The van der Waals surface area contributed by atoms with Gasteiger partial charge < -0.3 is 16.0 Å². The summed E-state index contributed by atoms with van der Waals surface area (Å²) in [5, 5.41) is 3.41. The molecule has 1 aliphatic rings. The summed E-state index contributed by atoms with van der Waals surface area (Å²) in [6.07, 6.45) is 5.14. The van der Waals surface area contributed by atoms with E-state index >= 15 is 0 Å². The van der Waals surface area contributed by atoms with Crippen LogP contribution in [-0.2, 0) is 4.79 Å². The van der Waals surface area contributed by atoms with Gasteiger partial charge in [-0.25, -0.2) is 0 Å². The molecular weight excluding hydrogens is 238 g/mol. The van der Waals surface area contributed by atoms with Gasteiger partial charge in [0, 0.05) is 18.1 Å². The molecule has 1 rings (SSSR count). The summed E-state index contributed by atoms with van der Waals surface area (Å²) >= 11 is 0. The quantitative estimate of drug-likeness (QED) is 0.742. The third kappa shape index (κ3) is 3.93. The highest BCUT2D eigenvalue weighted by molar-refractivity contribution is 5.85. The average Bonchev–Trinajstić information content (AvgIpc) is 2.73. The molecule has 3 atom stereocenters. The molecule has 0 radical (unpaired) electrons. The number of carbonyl (C=O) groups excluding carboxylic acids is 1. The van der Waals surface area contributed by atoms with Crippen LogP contribution in [0, 0.1) is 0 Å². The van der Waals surface area contributed by atoms with Crippen molar-refractivity contribution in [3.63, 3.8) is 0 Å². The molecule has 0 aromatic rings. The lowest BCUT2D eigenvalue weighted by atomic mass is 9.95. The number of nitrogens with zero attached hydrogens (tertiary/aromatic N) is 1. The summed E-state index contributed by atoms with van der Waals surface area (Å²) in [6.45, 7) is 8.62. The number of nitrogens with one attached hydrogen (secondary N) is 1. The van der Waals surface area contributed by atoms with Crippen molar-refractivity contribution >= 4 is 5.91 Å². The summed E-state index contributed by atoms with van der Waals surface area (Å²) in [4.78, 5) is 14.3. The highest BCUT2D eigenvalue weighted by Crippen LogP contribution is 2.34. The van der Waals surface area contributed by atoms with Crippen molar-refractivity contribution in [2.75, 3.05) is 7.05 Å². The maximum absolute atomic E-state index is 11.9. The van der Waals surface area contributed by atoms with Crippen LogP contribution in [0.1, 0.15) is 59.8 Å². The van der Waals surface area contributed by atoms with Crippen molar-refractivity contribution in [3.05, 3.63) is 0 Å². The fraction of sp³-hybridized carbons (Fsp3) is 0.933. The molecule has 1 amide bonds. The molecule has 0 heterocycles. The molecule has 0 aliphatic heterocycles. The standard InChI is InChI=1S/C15H31N3O/c1-6-7-12(4)18(5)13-8-9-15(10-13,14(16)19)17-11(2)3/h11-13,17H,6-10H2,1-5H3,(H2,16,19). The molecule has 3 N–H and O–H groups in total. The van der Waals surface area contributed by atoms with Crippen LogP contribution in [0.5, 0.6) is 0 Å². The Morgan fingerprint density at radius 1 is 1.47 bits per heavy atom. The van der Waals surface area contributed by atoms with Gasteiger partial charge in [-0.15, -0.1) is 0 Å². The zero-order valence-electron chi connectivity index (χ0n) is 13.2. The first-order valence-electron chi connectivity index (χ1n) is 7.62. The van der Waals surface area contributed by atoms with Gasteiger partial charge in [0.25, 0.3) is 0 Å². The fourth-order valence-electron chi connectivity index (χ4n) is 3.33. The van der Waals surface area contributed by atoms with Crippen LogP contribution in [0.3, 0.4) is 0 Å². The molecule has 0 saturated heterocycles. The molecule has 3 unspecified atom stereocenters. The zero-order chi connectivity index (χ0) is 14.6. The van der Waals surface area contributed by atoms with Gasteiger partial charge >= 0.3 is 0 Å². The molecule has 0 bridgehead atoms. The lowest BCUT2D eigenvalue weighted by Gasteiger charge is -2.33. The van der Waals surface area contributed by atoms with Crippen LogP contribution >= 0.6 is 0 Å². The first kappa shape index (κ1) is 16.4. The topological polar surface area (TPSA) is 58.4 Å². The van der Waals surface area contributed by atoms with Crippen molar-refractivity contribution in [2.24, 2.45) is 5.73 Å². The molecule has 0 spiro atoms. The van der Waals surface area contributed by atoms with E-state index in [4.69, 9.17) is 5.73 Å². The Bertz CT molecular complexity index is 306. The number of carbonyl (C=O) groups is 1. The highest BCUT2D eigenvalue weighted by Gasteiger charge is 2.45. The second kappa shape index (κ2) is 6.71. The predicted octanol–water partition coefficient (Wildman–Crippen LogP) is 1.88. The lowest BCUT2D eigenvalue weighted by Crippen LogP contribution is -2.57. The Morgan fingerprint density at radius 3 is 2.58 bits per heavy atom. The van der Waals surface area contributed by atoms with Gasteiger partial charge in [0.2, 0.25) is 5.91 Å². The van der Waals surface area contributed by atoms with E-state index in [1.807, 2.05) is 0 Å². The summed E-state index contributed by atoms with van der Waals surface area (Å²) in [5.41, 5.74) is 5.16. The Hall–Kier alpha value is -0.610. The lowest BCUT2D eigenvalue weighted by molar-refractivity contribution is -0.124. The summed E-state index contributed by atoms with van der Waals surface area (Å²) in [5.74, 6) is -0.194. The first-order chi connectivity index (χ1) is 8.82. The van der Waals surface area contributed by atoms with E-state index in [1.165, 1.54) is 12.8 Å². The summed E-state index contributed by atoms with van der Waals surface area (Å²) in [7, 11) is 2.18. The van der Waals surface area contributed by atoms with Crippen LogP contribution in [-0.4, -0.2) is 41.5 Å². The van der Waals surface area contributed by atoms with E-state index in [0.29, 0.717) is 12.1 Å². The summed E-state index contributed by atoms with van der Waals surface area (Å²) in [6, 6.07) is 1.31. The molecule has 19 heavy (non-hydrogen) atoms. The largest absolute Gasteiger partial charge is 0.368 e. The molecule has 1 aliphatic carbocycles. The minimum atomic E-state index is -0.501. The van der Waals surface area contributed by atoms with Gasteiger partial charge in [-0.3, -0.25) is 4.79 Å². The number of amides is 1. The Morgan fingerprint density at radius 2 is 2.11 bits per heavy atom. The van der Waals surface area contributed by atoms with Crippen molar-refractivity contribution in [1.82, 2.24) is 10.2 Å². The second-order valence-electron chi connectivity index (χ2n) is 6.45. The third-order valence-corrected chi connectivity index (χ3v) is 4.50. The van der Waals surface area contributed by atoms with Crippen LogP contribution in [0.25, 0.3) is 0 Å². The van der Waals surface area contributed by atoms with Gasteiger partial charge in [-0.1, -0.05) is 13.3 Å². The molecule has 4 heteroatoms. The summed E-state index contributed by atoms with van der Waals surface area (Å²) < 4.78 is 0.